The van der Waals surface area contributed by atoms with E-state index in [4.69, 9.17) is 14.6 Å². The molecule has 0 aromatic heterocycles. The first kappa shape index (κ1) is 21.4. The molecule has 3 rings (SSSR count). The Morgan fingerprint density at radius 2 is 1.90 bits per heavy atom. The first-order valence-electron chi connectivity index (χ1n) is 9.31. The minimum atomic E-state index is -1.07. The molecule has 1 heterocycles. The van der Waals surface area contributed by atoms with Crippen molar-refractivity contribution < 1.29 is 24.2 Å². The molecule has 2 aromatic carbocycles. The molecule has 1 amide bonds. The van der Waals surface area contributed by atoms with E-state index in [0.717, 1.165) is 16.8 Å². The van der Waals surface area contributed by atoms with Crippen molar-refractivity contribution in [1.29, 1.82) is 0 Å². The number of amidine groups is 1. The smallest absolute Gasteiger partial charge is 0.341 e. The maximum absolute atomic E-state index is 12.7. The van der Waals surface area contributed by atoms with E-state index in [1.54, 1.807) is 31.3 Å². The van der Waals surface area contributed by atoms with E-state index >= 15 is 0 Å². The number of hydrogen-bond acceptors (Lipinski definition) is 6. The quantitative estimate of drug-likeness (QED) is 0.671. The van der Waals surface area contributed by atoms with Gasteiger partial charge in [0, 0.05) is 7.05 Å². The number of amides is 1. The van der Waals surface area contributed by atoms with Crippen molar-refractivity contribution in [2.75, 3.05) is 20.3 Å². The Morgan fingerprint density at radius 1 is 1.17 bits per heavy atom. The molecule has 2 aromatic rings. The standard InChI is InChI=1S/C22H22N2O5S/c1-4-28-18-11-15(7-10-17(18)29-13-20(25)26)12-19-21(27)24(3)22(30-19)23-16-8-5-14(2)6-9-16/h5-12H,4,13H2,1-3H3,(H,25,26)/b19-12+,23-22?. The van der Waals surface area contributed by atoms with Gasteiger partial charge >= 0.3 is 5.97 Å². The van der Waals surface area contributed by atoms with E-state index in [-0.39, 0.29) is 5.91 Å². The van der Waals surface area contributed by atoms with Gasteiger partial charge in [-0.1, -0.05) is 23.8 Å². The maximum Gasteiger partial charge on any atom is 0.341 e. The van der Waals surface area contributed by atoms with Crippen molar-refractivity contribution in [3.05, 3.63) is 58.5 Å². The second-order valence-electron chi connectivity index (χ2n) is 6.53. The van der Waals surface area contributed by atoms with Gasteiger partial charge in [-0.2, -0.15) is 0 Å². The predicted molar refractivity (Wildman–Crippen MR) is 117 cm³/mol. The van der Waals surface area contributed by atoms with E-state index in [1.807, 2.05) is 38.1 Å². The fourth-order valence-electron chi connectivity index (χ4n) is 2.67. The fourth-order valence-corrected chi connectivity index (χ4v) is 3.66. The highest BCUT2D eigenvalue weighted by atomic mass is 32.2. The highest BCUT2D eigenvalue weighted by Gasteiger charge is 2.30. The van der Waals surface area contributed by atoms with Gasteiger partial charge in [0.05, 0.1) is 17.2 Å². The molecular weight excluding hydrogens is 404 g/mol. The molecule has 0 unspecified atom stereocenters. The molecule has 30 heavy (non-hydrogen) atoms. The van der Waals surface area contributed by atoms with Crippen LogP contribution in [0.4, 0.5) is 5.69 Å². The zero-order chi connectivity index (χ0) is 21.7. The molecule has 8 heteroatoms. The molecule has 0 radical (unpaired) electrons. The van der Waals surface area contributed by atoms with E-state index in [0.29, 0.717) is 28.2 Å². The minimum absolute atomic E-state index is 0.143. The monoisotopic (exact) mass is 426 g/mol. The Hall–Kier alpha value is -3.26. The molecule has 0 atom stereocenters. The van der Waals surface area contributed by atoms with Crippen LogP contribution in [0, 0.1) is 6.92 Å². The Balaban J connectivity index is 1.85. The van der Waals surface area contributed by atoms with Gasteiger partial charge in [0.2, 0.25) is 0 Å². The van der Waals surface area contributed by atoms with Crippen molar-refractivity contribution >= 4 is 40.6 Å². The molecule has 1 aliphatic rings. The number of benzene rings is 2. The lowest BCUT2D eigenvalue weighted by atomic mass is 10.2. The molecule has 1 N–H and O–H groups in total. The third kappa shape index (κ3) is 5.21. The number of carboxylic acids is 1. The second kappa shape index (κ2) is 9.49. The zero-order valence-corrected chi connectivity index (χ0v) is 17.7. The van der Waals surface area contributed by atoms with Gasteiger partial charge in [0.15, 0.2) is 23.3 Å². The van der Waals surface area contributed by atoms with Crippen LogP contribution in [-0.4, -0.2) is 47.3 Å². The lowest BCUT2D eigenvalue weighted by Gasteiger charge is -2.11. The second-order valence-corrected chi connectivity index (χ2v) is 7.54. The van der Waals surface area contributed by atoms with Crippen LogP contribution in [0.15, 0.2) is 52.4 Å². The van der Waals surface area contributed by atoms with Crippen LogP contribution in [0.3, 0.4) is 0 Å². The number of ether oxygens (including phenoxy) is 2. The summed E-state index contributed by atoms with van der Waals surface area (Å²) in [6, 6.07) is 12.9. The van der Waals surface area contributed by atoms with Crippen LogP contribution in [0.5, 0.6) is 11.5 Å². The van der Waals surface area contributed by atoms with Crippen molar-refractivity contribution in [3.8, 4) is 11.5 Å². The third-order valence-corrected chi connectivity index (χ3v) is 5.24. The van der Waals surface area contributed by atoms with E-state index in [1.165, 1.54) is 16.7 Å². The van der Waals surface area contributed by atoms with Crippen molar-refractivity contribution in [3.63, 3.8) is 0 Å². The van der Waals surface area contributed by atoms with Gasteiger partial charge in [0.1, 0.15) is 0 Å². The summed E-state index contributed by atoms with van der Waals surface area (Å²) >= 11 is 1.30. The molecule has 0 spiro atoms. The Morgan fingerprint density at radius 3 is 2.57 bits per heavy atom. The average Bonchev–Trinajstić information content (AvgIpc) is 2.97. The van der Waals surface area contributed by atoms with Gasteiger partial charge in [-0.25, -0.2) is 9.79 Å². The normalized spacial score (nSPS) is 16.4. The van der Waals surface area contributed by atoms with Crippen LogP contribution >= 0.6 is 11.8 Å². The van der Waals surface area contributed by atoms with Crippen LogP contribution < -0.4 is 9.47 Å². The third-order valence-electron chi connectivity index (χ3n) is 4.18. The molecule has 7 nitrogen and oxygen atoms in total. The van der Waals surface area contributed by atoms with E-state index in [2.05, 4.69) is 4.99 Å². The lowest BCUT2D eigenvalue weighted by Crippen LogP contribution is -2.23. The van der Waals surface area contributed by atoms with Crippen molar-refractivity contribution in [2.45, 2.75) is 13.8 Å². The van der Waals surface area contributed by atoms with Crippen LogP contribution in [0.25, 0.3) is 6.08 Å². The zero-order valence-electron chi connectivity index (χ0n) is 16.9. The number of likely N-dealkylation sites (N-methyl/N-ethyl adjacent to an activating group) is 1. The summed E-state index contributed by atoms with van der Waals surface area (Å²) in [5.41, 5.74) is 2.66. The Kier molecular flexibility index (Phi) is 6.79. The van der Waals surface area contributed by atoms with Crippen LogP contribution in [0.2, 0.25) is 0 Å². The minimum Gasteiger partial charge on any atom is -0.490 e. The van der Waals surface area contributed by atoms with Gasteiger partial charge in [-0.3, -0.25) is 9.69 Å². The number of carboxylic acid groups (broad SMARTS) is 1. The van der Waals surface area contributed by atoms with Gasteiger partial charge in [-0.15, -0.1) is 0 Å². The summed E-state index contributed by atoms with van der Waals surface area (Å²) < 4.78 is 10.8. The number of hydrogen-bond donors (Lipinski definition) is 1. The summed E-state index contributed by atoms with van der Waals surface area (Å²) in [7, 11) is 1.69. The molecular formula is C22H22N2O5S. The topological polar surface area (TPSA) is 88.4 Å². The first-order valence-corrected chi connectivity index (χ1v) is 10.1. The summed E-state index contributed by atoms with van der Waals surface area (Å²) in [4.78, 5) is 30.0. The molecule has 0 aliphatic carbocycles. The SMILES string of the molecule is CCOc1cc(/C=C2/SC(=Nc3ccc(C)cc3)N(C)C2=O)ccc1OCC(=O)O. The Bertz CT molecular complexity index is 1010. The number of carbonyl (C=O) groups is 2. The summed E-state index contributed by atoms with van der Waals surface area (Å²) in [6.07, 6.45) is 1.75. The highest BCUT2D eigenvalue weighted by molar-refractivity contribution is 8.18. The van der Waals surface area contributed by atoms with Crippen molar-refractivity contribution in [2.24, 2.45) is 4.99 Å². The molecule has 1 saturated heterocycles. The first-order chi connectivity index (χ1) is 14.4. The number of rotatable bonds is 7. The average molecular weight is 426 g/mol. The largest absolute Gasteiger partial charge is 0.490 e. The van der Waals surface area contributed by atoms with Crippen LogP contribution in [0.1, 0.15) is 18.1 Å². The van der Waals surface area contributed by atoms with Gasteiger partial charge < -0.3 is 14.6 Å². The number of thioether (sulfide) groups is 1. The molecule has 1 fully saturated rings. The number of aliphatic imine (C=N–C) groups is 1. The van der Waals surface area contributed by atoms with E-state index in [9.17, 15) is 9.59 Å². The maximum atomic E-state index is 12.7. The number of nitrogens with zero attached hydrogens (tertiary/aromatic N) is 2. The predicted octanol–water partition coefficient (Wildman–Crippen LogP) is 4.09. The molecule has 156 valence electrons. The van der Waals surface area contributed by atoms with E-state index < -0.39 is 12.6 Å². The highest BCUT2D eigenvalue weighted by Crippen LogP contribution is 2.35. The summed E-state index contributed by atoms with van der Waals surface area (Å²) in [6.45, 7) is 3.77. The lowest BCUT2D eigenvalue weighted by molar-refractivity contribution is -0.139. The summed E-state index contributed by atoms with van der Waals surface area (Å²) in [5.74, 6) is -0.453. The van der Waals surface area contributed by atoms with Crippen LogP contribution in [-0.2, 0) is 9.59 Å². The molecule has 0 saturated carbocycles. The molecule has 0 bridgehead atoms. The van der Waals surface area contributed by atoms with Crippen molar-refractivity contribution in [1.82, 2.24) is 4.90 Å². The fraction of sp³-hybridized carbons (Fsp3) is 0.227. The van der Waals surface area contributed by atoms with Gasteiger partial charge in [0.25, 0.3) is 5.91 Å². The number of aliphatic carboxylic acids is 1. The Labute approximate surface area is 179 Å². The molecule has 1 aliphatic heterocycles. The number of aryl methyl sites for hydroxylation is 1. The number of carbonyl (C=O) groups excluding carboxylic acids is 1. The van der Waals surface area contributed by atoms with Gasteiger partial charge in [-0.05, 0) is 61.5 Å². The summed E-state index contributed by atoms with van der Waals surface area (Å²) in [5, 5.41) is 9.41.